The Hall–Kier alpha value is -1.95. The molecule has 0 aromatic heterocycles. The molecule has 1 aliphatic carbocycles. The van der Waals surface area contributed by atoms with Crippen molar-refractivity contribution in [3.05, 3.63) is 39.4 Å². The van der Waals surface area contributed by atoms with Gasteiger partial charge in [0, 0.05) is 24.2 Å². The van der Waals surface area contributed by atoms with E-state index in [-0.39, 0.29) is 28.5 Å². The van der Waals surface area contributed by atoms with E-state index in [1.54, 1.807) is 6.07 Å². The summed E-state index contributed by atoms with van der Waals surface area (Å²) in [5.74, 6) is -0.813. The Morgan fingerprint density at radius 2 is 2.00 bits per heavy atom. The highest BCUT2D eigenvalue weighted by molar-refractivity contribution is 5.70. The minimum absolute atomic E-state index is 0.115. The lowest BCUT2D eigenvalue weighted by atomic mass is 9.86. The third-order valence-corrected chi connectivity index (χ3v) is 4.58. The first-order valence-corrected chi connectivity index (χ1v) is 8.12. The number of benzene rings is 1. The van der Waals surface area contributed by atoms with Crippen LogP contribution in [0.4, 0.5) is 5.69 Å². The lowest BCUT2D eigenvalue weighted by molar-refractivity contribution is -0.385. The molecule has 0 unspecified atom stereocenters. The van der Waals surface area contributed by atoms with Crippen molar-refractivity contribution in [1.29, 1.82) is 0 Å². The van der Waals surface area contributed by atoms with Gasteiger partial charge < -0.3 is 10.4 Å². The van der Waals surface area contributed by atoms with Crippen LogP contribution in [0.2, 0.25) is 0 Å². The molecule has 126 valence electrons. The van der Waals surface area contributed by atoms with Gasteiger partial charge in [-0.15, -0.1) is 0 Å². The Morgan fingerprint density at radius 3 is 2.52 bits per heavy atom. The van der Waals surface area contributed by atoms with E-state index in [0.29, 0.717) is 19.4 Å². The zero-order chi connectivity index (χ0) is 17.0. The predicted molar refractivity (Wildman–Crippen MR) is 87.4 cm³/mol. The van der Waals surface area contributed by atoms with Crippen LogP contribution in [-0.2, 0) is 11.3 Å². The summed E-state index contributed by atoms with van der Waals surface area (Å²) in [6, 6.07) is 5.69. The molecule has 1 saturated carbocycles. The van der Waals surface area contributed by atoms with Crippen molar-refractivity contribution in [3.63, 3.8) is 0 Å². The van der Waals surface area contributed by atoms with Crippen LogP contribution in [-0.4, -0.2) is 22.0 Å². The molecule has 23 heavy (non-hydrogen) atoms. The van der Waals surface area contributed by atoms with E-state index in [9.17, 15) is 14.9 Å². The van der Waals surface area contributed by atoms with Gasteiger partial charge in [-0.1, -0.05) is 26.0 Å². The van der Waals surface area contributed by atoms with Gasteiger partial charge in [-0.05, 0) is 37.2 Å². The average molecular weight is 320 g/mol. The van der Waals surface area contributed by atoms with Crippen molar-refractivity contribution in [2.24, 2.45) is 5.92 Å². The lowest BCUT2D eigenvalue weighted by Crippen LogP contribution is -2.34. The number of carboxylic acid groups (broad SMARTS) is 1. The van der Waals surface area contributed by atoms with E-state index in [0.717, 1.165) is 24.0 Å². The molecule has 0 amide bonds. The minimum atomic E-state index is -0.705. The Labute approximate surface area is 136 Å². The maximum atomic E-state index is 11.2. The molecule has 2 rings (SSSR count). The lowest BCUT2D eigenvalue weighted by Gasteiger charge is -2.27. The van der Waals surface area contributed by atoms with Gasteiger partial charge in [0.15, 0.2) is 0 Å². The van der Waals surface area contributed by atoms with Gasteiger partial charge in [0.05, 0.1) is 10.8 Å². The minimum Gasteiger partial charge on any atom is -0.481 e. The first-order chi connectivity index (χ1) is 10.9. The van der Waals surface area contributed by atoms with Crippen LogP contribution in [0.15, 0.2) is 18.2 Å². The van der Waals surface area contributed by atoms with Crippen molar-refractivity contribution in [2.75, 3.05) is 0 Å². The van der Waals surface area contributed by atoms with Crippen molar-refractivity contribution in [2.45, 2.75) is 58.0 Å². The van der Waals surface area contributed by atoms with Gasteiger partial charge in [0.25, 0.3) is 5.69 Å². The SMILES string of the molecule is CC(C)c1ccc(CNC2CCC(C(=O)O)CC2)cc1[N+](=O)[O-]. The summed E-state index contributed by atoms with van der Waals surface area (Å²) in [7, 11) is 0. The van der Waals surface area contributed by atoms with E-state index >= 15 is 0 Å². The van der Waals surface area contributed by atoms with Crippen LogP contribution in [0.3, 0.4) is 0 Å². The second kappa shape index (κ2) is 7.55. The molecule has 0 saturated heterocycles. The number of hydrogen-bond acceptors (Lipinski definition) is 4. The maximum absolute atomic E-state index is 11.2. The van der Waals surface area contributed by atoms with E-state index in [1.807, 2.05) is 26.0 Å². The van der Waals surface area contributed by atoms with Crippen LogP contribution < -0.4 is 5.32 Å². The Morgan fingerprint density at radius 1 is 1.35 bits per heavy atom. The van der Waals surface area contributed by atoms with Crippen LogP contribution in [0.1, 0.15) is 56.6 Å². The molecule has 0 aliphatic heterocycles. The topological polar surface area (TPSA) is 92.5 Å². The summed E-state index contributed by atoms with van der Waals surface area (Å²) in [6.07, 6.45) is 3.06. The van der Waals surface area contributed by atoms with Crippen molar-refractivity contribution in [1.82, 2.24) is 5.32 Å². The summed E-state index contributed by atoms with van der Waals surface area (Å²) in [6.45, 7) is 4.46. The van der Waals surface area contributed by atoms with E-state index in [1.165, 1.54) is 0 Å². The maximum Gasteiger partial charge on any atom is 0.306 e. The molecule has 2 N–H and O–H groups in total. The number of aliphatic carboxylic acids is 1. The third-order valence-electron chi connectivity index (χ3n) is 4.58. The molecular weight excluding hydrogens is 296 g/mol. The Balaban J connectivity index is 1.95. The highest BCUT2D eigenvalue weighted by Crippen LogP contribution is 2.28. The second-order valence-corrected chi connectivity index (χ2v) is 6.57. The molecule has 0 bridgehead atoms. The predicted octanol–water partition coefficient (Wildman–Crippen LogP) is 3.45. The number of nitro groups is 1. The molecule has 0 radical (unpaired) electrons. The monoisotopic (exact) mass is 320 g/mol. The first-order valence-electron chi connectivity index (χ1n) is 8.12. The number of carboxylic acids is 1. The fourth-order valence-electron chi connectivity index (χ4n) is 3.15. The highest BCUT2D eigenvalue weighted by Gasteiger charge is 2.25. The Kier molecular flexibility index (Phi) is 5.71. The number of carbonyl (C=O) groups is 1. The summed E-state index contributed by atoms with van der Waals surface area (Å²) < 4.78 is 0. The van der Waals surface area contributed by atoms with Gasteiger partial charge in [0.1, 0.15) is 0 Å². The van der Waals surface area contributed by atoms with Gasteiger partial charge in [0.2, 0.25) is 0 Å². The molecule has 0 heterocycles. The van der Waals surface area contributed by atoms with Gasteiger partial charge >= 0.3 is 5.97 Å². The zero-order valence-corrected chi connectivity index (χ0v) is 13.6. The van der Waals surface area contributed by atoms with Crippen LogP contribution in [0.25, 0.3) is 0 Å². The number of rotatable bonds is 6. The second-order valence-electron chi connectivity index (χ2n) is 6.57. The molecule has 6 heteroatoms. The number of nitro benzene ring substituents is 1. The average Bonchev–Trinajstić information content (AvgIpc) is 2.52. The van der Waals surface area contributed by atoms with Gasteiger partial charge in [-0.2, -0.15) is 0 Å². The first kappa shape index (κ1) is 17.4. The fourth-order valence-corrected chi connectivity index (χ4v) is 3.15. The molecule has 6 nitrogen and oxygen atoms in total. The van der Waals surface area contributed by atoms with E-state index in [2.05, 4.69) is 5.32 Å². The molecule has 1 aromatic rings. The molecular formula is C17H24N2O4. The van der Waals surface area contributed by atoms with E-state index < -0.39 is 5.97 Å². The zero-order valence-electron chi connectivity index (χ0n) is 13.6. The summed E-state index contributed by atoms with van der Waals surface area (Å²) in [5.41, 5.74) is 1.82. The van der Waals surface area contributed by atoms with Crippen molar-refractivity contribution in [3.8, 4) is 0 Å². The largest absolute Gasteiger partial charge is 0.481 e. The van der Waals surface area contributed by atoms with Gasteiger partial charge in [-0.25, -0.2) is 0 Å². The molecule has 1 aromatic carbocycles. The standard InChI is InChI=1S/C17H24N2O4/c1-11(2)15-8-3-12(9-16(15)19(22)23)10-18-14-6-4-13(5-7-14)17(20)21/h3,8-9,11,13-14,18H,4-7,10H2,1-2H3,(H,20,21). The summed E-state index contributed by atoms with van der Waals surface area (Å²) in [4.78, 5) is 21.8. The highest BCUT2D eigenvalue weighted by atomic mass is 16.6. The third kappa shape index (κ3) is 4.51. The Bertz CT molecular complexity index is 578. The summed E-state index contributed by atoms with van der Waals surface area (Å²) >= 11 is 0. The molecule has 0 atom stereocenters. The molecule has 1 fully saturated rings. The quantitative estimate of drug-likeness (QED) is 0.618. The van der Waals surface area contributed by atoms with Crippen LogP contribution in [0.5, 0.6) is 0 Å². The number of nitrogens with zero attached hydrogens (tertiary/aromatic N) is 1. The summed E-state index contributed by atoms with van der Waals surface area (Å²) in [5, 5.41) is 23.6. The van der Waals surface area contributed by atoms with Crippen LogP contribution >= 0.6 is 0 Å². The van der Waals surface area contributed by atoms with Crippen molar-refractivity contribution >= 4 is 11.7 Å². The smallest absolute Gasteiger partial charge is 0.306 e. The van der Waals surface area contributed by atoms with Crippen molar-refractivity contribution < 1.29 is 14.8 Å². The normalized spacial score (nSPS) is 21.3. The van der Waals surface area contributed by atoms with Crippen LogP contribution in [0, 0.1) is 16.0 Å². The number of nitrogens with one attached hydrogen (secondary N) is 1. The number of hydrogen-bond donors (Lipinski definition) is 2. The molecule has 0 spiro atoms. The van der Waals surface area contributed by atoms with Gasteiger partial charge in [-0.3, -0.25) is 14.9 Å². The molecule has 1 aliphatic rings. The fraction of sp³-hybridized carbons (Fsp3) is 0.588. The van der Waals surface area contributed by atoms with E-state index in [4.69, 9.17) is 5.11 Å².